The zero-order valence-corrected chi connectivity index (χ0v) is 8.67. The lowest BCUT2D eigenvalue weighted by molar-refractivity contribution is 0.181. The van der Waals surface area contributed by atoms with Gasteiger partial charge in [0, 0.05) is 11.4 Å². The van der Waals surface area contributed by atoms with Crippen LogP contribution in [-0.2, 0) is 0 Å². The summed E-state index contributed by atoms with van der Waals surface area (Å²) in [6.07, 6.45) is -0.485. The van der Waals surface area contributed by atoms with Crippen LogP contribution >= 0.6 is 22.9 Å². The predicted octanol–water partition coefficient (Wildman–Crippen LogP) is 1.96. The Bertz CT molecular complexity index is 262. The fourth-order valence-corrected chi connectivity index (χ4v) is 2.38. The number of thiophene rings is 1. The molecule has 12 heavy (non-hydrogen) atoms. The molecule has 1 rings (SSSR count). The molecule has 0 saturated heterocycles. The maximum absolute atomic E-state index is 9.58. The van der Waals surface area contributed by atoms with Crippen molar-refractivity contribution in [3.8, 4) is 0 Å². The van der Waals surface area contributed by atoms with E-state index in [0.717, 1.165) is 9.75 Å². The van der Waals surface area contributed by atoms with Gasteiger partial charge in [-0.15, -0.1) is 11.3 Å². The first kappa shape index (κ1) is 9.99. The molecular weight excluding hydrogens is 194 g/mol. The molecule has 68 valence electrons. The summed E-state index contributed by atoms with van der Waals surface area (Å²) in [5, 5.41) is 13.1. The molecule has 1 unspecified atom stereocenters. The van der Waals surface area contributed by atoms with Crippen molar-refractivity contribution in [1.29, 1.82) is 0 Å². The molecule has 4 heteroatoms. The van der Waals surface area contributed by atoms with Crippen molar-refractivity contribution in [2.24, 2.45) is 0 Å². The van der Waals surface area contributed by atoms with Gasteiger partial charge in [-0.2, -0.15) is 0 Å². The summed E-state index contributed by atoms with van der Waals surface area (Å²) in [6, 6.07) is 1.88. The highest BCUT2D eigenvalue weighted by molar-refractivity contribution is 7.12. The number of likely N-dealkylation sites (N-methyl/N-ethyl adjacent to an activating group) is 1. The SMILES string of the molecule is CNCC(O)c1sc(C)cc1Cl. The smallest absolute Gasteiger partial charge is 0.102 e. The van der Waals surface area contributed by atoms with Crippen molar-refractivity contribution in [2.75, 3.05) is 13.6 Å². The highest BCUT2D eigenvalue weighted by Crippen LogP contribution is 2.31. The molecule has 0 fully saturated rings. The third kappa shape index (κ3) is 2.20. The van der Waals surface area contributed by atoms with Gasteiger partial charge in [0.2, 0.25) is 0 Å². The van der Waals surface area contributed by atoms with E-state index in [-0.39, 0.29) is 0 Å². The number of aliphatic hydroxyl groups excluding tert-OH is 1. The summed E-state index contributed by atoms with van der Waals surface area (Å²) in [6.45, 7) is 2.52. The van der Waals surface area contributed by atoms with Crippen molar-refractivity contribution in [3.63, 3.8) is 0 Å². The molecule has 0 spiro atoms. The third-order valence-corrected chi connectivity index (χ3v) is 3.11. The second kappa shape index (κ2) is 4.23. The van der Waals surface area contributed by atoms with Crippen LogP contribution in [0.3, 0.4) is 0 Å². The molecule has 0 amide bonds. The van der Waals surface area contributed by atoms with E-state index in [4.69, 9.17) is 11.6 Å². The quantitative estimate of drug-likeness (QED) is 0.791. The van der Waals surface area contributed by atoms with Gasteiger partial charge < -0.3 is 10.4 Å². The van der Waals surface area contributed by atoms with Crippen LogP contribution < -0.4 is 5.32 Å². The van der Waals surface area contributed by atoms with Gasteiger partial charge in [-0.25, -0.2) is 0 Å². The van der Waals surface area contributed by atoms with Crippen molar-refractivity contribution < 1.29 is 5.11 Å². The van der Waals surface area contributed by atoms with Gasteiger partial charge >= 0.3 is 0 Å². The summed E-state index contributed by atoms with van der Waals surface area (Å²) < 4.78 is 0. The largest absolute Gasteiger partial charge is 0.386 e. The lowest BCUT2D eigenvalue weighted by Gasteiger charge is -2.07. The van der Waals surface area contributed by atoms with E-state index in [0.29, 0.717) is 11.6 Å². The topological polar surface area (TPSA) is 32.3 Å². The highest BCUT2D eigenvalue weighted by Gasteiger charge is 2.13. The molecule has 1 aromatic rings. The van der Waals surface area contributed by atoms with Gasteiger partial charge in [-0.1, -0.05) is 11.6 Å². The summed E-state index contributed by atoms with van der Waals surface area (Å²) in [4.78, 5) is 1.98. The Morgan fingerprint density at radius 2 is 2.42 bits per heavy atom. The fraction of sp³-hybridized carbons (Fsp3) is 0.500. The molecule has 0 aromatic carbocycles. The normalized spacial score (nSPS) is 13.3. The first-order chi connectivity index (χ1) is 5.65. The summed E-state index contributed by atoms with van der Waals surface area (Å²) in [5.74, 6) is 0. The average molecular weight is 206 g/mol. The number of aliphatic hydroxyl groups is 1. The first-order valence-corrected chi connectivity index (χ1v) is 4.93. The standard InChI is InChI=1S/C8H12ClNOS/c1-5-3-6(9)8(12-5)7(11)4-10-2/h3,7,10-11H,4H2,1-2H3. The van der Waals surface area contributed by atoms with E-state index < -0.39 is 6.10 Å². The molecule has 1 heterocycles. The summed E-state index contributed by atoms with van der Waals surface area (Å²) >= 11 is 7.44. The molecule has 1 atom stereocenters. The predicted molar refractivity (Wildman–Crippen MR) is 53.0 cm³/mol. The Morgan fingerprint density at radius 3 is 2.83 bits per heavy atom. The Hall–Kier alpha value is -0.0900. The third-order valence-electron chi connectivity index (χ3n) is 1.54. The van der Waals surface area contributed by atoms with E-state index in [1.54, 1.807) is 18.4 Å². The number of rotatable bonds is 3. The molecule has 0 bridgehead atoms. The van der Waals surface area contributed by atoms with Gasteiger partial charge in [0.05, 0.1) is 9.90 Å². The Kier molecular flexibility index (Phi) is 3.53. The molecule has 0 aliphatic heterocycles. The van der Waals surface area contributed by atoms with Crippen molar-refractivity contribution >= 4 is 22.9 Å². The number of halogens is 1. The van der Waals surface area contributed by atoms with Crippen LogP contribution in [0.15, 0.2) is 6.07 Å². The Labute approximate surface area is 81.2 Å². The minimum absolute atomic E-state index is 0.485. The maximum atomic E-state index is 9.58. The summed E-state index contributed by atoms with van der Waals surface area (Å²) in [7, 11) is 1.80. The fourth-order valence-electron chi connectivity index (χ4n) is 1.01. The maximum Gasteiger partial charge on any atom is 0.102 e. The number of nitrogens with one attached hydrogen (secondary N) is 1. The van der Waals surface area contributed by atoms with Crippen LogP contribution in [0.5, 0.6) is 0 Å². The van der Waals surface area contributed by atoms with E-state index in [1.165, 1.54) is 0 Å². The van der Waals surface area contributed by atoms with Gasteiger partial charge in [0.15, 0.2) is 0 Å². The molecule has 0 saturated carbocycles. The second-order valence-electron chi connectivity index (χ2n) is 2.64. The molecule has 2 N–H and O–H groups in total. The van der Waals surface area contributed by atoms with Crippen LogP contribution in [0.4, 0.5) is 0 Å². The number of hydrogen-bond acceptors (Lipinski definition) is 3. The van der Waals surface area contributed by atoms with E-state index in [1.807, 2.05) is 13.0 Å². The Morgan fingerprint density at radius 1 is 1.75 bits per heavy atom. The zero-order chi connectivity index (χ0) is 9.14. The molecule has 0 aliphatic carbocycles. The number of hydrogen-bond donors (Lipinski definition) is 2. The van der Waals surface area contributed by atoms with Crippen molar-refractivity contribution in [1.82, 2.24) is 5.32 Å². The highest BCUT2D eigenvalue weighted by atomic mass is 35.5. The Balaban J connectivity index is 2.79. The molecule has 2 nitrogen and oxygen atoms in total. The van der Waals surface area contributed by atoms with Gasteiger partial charge in [0.1, 0.15) is 6.10 Å². The lowest BCUT2D eigenvalue weighted by Crippen LogP contribution is -2.15. The molecular formula is C8H12ClNOS. The minimum Gasteiger partial charge on any atom is -0.386 e. The lowest BCUT2D eigenvalue weighted by atomic mass is 10.3. The van der Waals surface area contributed by atoms with Crippen molar-refractivity contribution in [2.45, 2.75) is 13.0 Å². The van der Waals surface area contributed by atoms with Crippen LogP contribution in [0.2, 0.25) is 5.02 Å². The van der Waals surface area contributed by atoms with E-state index in [9.17, 15) is 5.11 Å². The minimum atomic E-state index is -0.485. The van der Waals surface area contributed by atoms with Gasteiger partial charge in [0.25, 0.3) is 0 Å². The molecule has 0 aliphatic rings. The summed E-state index contributed by atoms with van der Waals surface area (Å²) in [5.41, 5.74) is 0. The van der Waals surface area contributed by atoms with E-state index in [2.05, 4.69) is 5.32 Å². The van der Waals surface area contributed by atoms with Crippen LogP contribution in [-0.4, -0.2) is 18.7 Å². The first-order valence-electron chi connectivity index (χ1n) is 3.73. The zero-order valence-electron chi connectivity index (χ0n) is 7.10. The van der Waals surface area contributed by atoms with Gasteiger partial charge in [-0.3, -0.25) is 0 Å². The van der Waals surface area contributed by atoms with E-state index >= 15 is 0 Å². The van der Waals surface area contributed by atoms with Crippen LogP contribution in [0.1, 0.15) is 15.9 Å². The molecule has 1 aromatic heterocycles. The number of aryl methyl sites for hydroxylation is 1. The monoisotopic (exact) mass is 205 g/mol. The molecule has 0 radical (unpaired) electrons. The van der Waals surface area contributed by atoms with Crippen LogP contribution in [0.25, 0.3) is 0 Å². The van der Waals surface area contributed by atoms with Crippen molar-refractivity contribution in [3.05, 3.63) is 20.8 Å². The van der Waals surface area contributed by atoms with Crippen LogP contribution in [0, 0.1) is 6.92 Å². The second-order valence-corrected chi connectivity index (χ2v) is 4.34. The average Bonchev–Trinajstić information content (AvgIpc) is 2.30. The van der Waals surface area contributed by atoms with Gasteiger partial charge in [-0.05, 0) is 20.0 Å².